The van der Waals surface area contributed by atoms with Gasteiger partial charge in [0.15, 0.2) is 6.61 Å². The van der Waals surface area contributed by atoms with Crippen molar-refractivity contribution in [1.82, 2.24) is 14.5 Å². The smallest absolute Gasteiger partial charge is 0.266 e. The first-order chi connectivity index (χ1) is 18.4. The molecule has 1 unspecified atom stereocenters. The molecule has 4 rings (SSSR count). The molecule has 0 radical (unpaired) electrons. The van der Waals surface area contributed by atoms with Gasteiger partial charge in [0.1, 0.15) is 17.3 Å². The van der Waals surface area contributed by atoms with Gasteiger partial charge in [-0.05, 0) is 74.5 Å². The van der Waals surface area contributed by atoms with Crippen molar-refractivity contribution in [3.05, 3.63) is 94.0 Å². The van der Waals surface area contributed by atoms with Gasteiger partial charge in [-0.3, -0.25) is 14.2 Å². The molecule has 0 aliphatic carbocycles. The molecule has 0 spiro atoms. The number of fused-ring (bicyclic) bond motifs is 1. The Morgan fingerprint density at radius 1 is 1.00 bits per heavy atom. The van der Waals surface area contributed by atoms with E-state index in [1.54, 1.807) is 59.0 Å². The molecule has 198 valence electrons. The molecule has 3 aromatic carbocycles. The topological polar surface area (TPSA) is 82.9 Å². The van der Waals surface area contributed by atoms with Crippen LogP contribution in [0.2, 0.25) is 5.02 Å². The van der Waals surface area contributed by atoms with Crippen LogP contribution in [0.1, 0.15) is 25.7 Å². The lowest BCUT2D eigenvalue weighted by atomic mass is 10.1. The molecular formula is C29H30ClN3O5. The minimum Gasteiger partial charge on any atom is -0.494 e. The third-order valence-electron chi connectivity index (χ3n) is 6.08. The van der Waals surface area contributed by atoms with Gasteiger partial charge in [0.2, 0.25) is 0 Å². The number of aromatic nitrogens is 2. The Labute approximate surface area is 226 Å². The van der Waals surface area contributed by atoms with Gasteiger partial charge in [-0.1, -0.05) is 23.7 Å². The van der Waals surface area contributed by atoms with E-state index < -0.39 is 6.04 Å². The number of hydrogen-bond donors (Lipinski definition) is 0. The maximum absolute atomic E-state index is 13.7. The molecule has 0 saturated carbocycles. The zero-order chi connectivity index (χ0) is 27.1. The molecule has 0 fully saturated rings. The first kappa shape index (κ1) is 27.2. The second-order valence-corrected chi connectivity index (χ2v) is 8.99. The van der Waals surface area contributed by atoms with Gasteiger partial charge in [0, 0.05) is 18.7 Å². The lowest BCUT2D eigenvalue weighted by Crippen LogP contribution is -2.41. The van der Waals surface area contributed by atoms with E-state index in [1.165, 1.54) is 0 Å². The normalized spacial score (nSPS) is 11.8. The van der Waals surface area contributed by atoms with Crippen LogP contribution in [-0.2, 0) is 9.53 Å². The van der Waals surface area contributed by atoms with E-state index in [0.717, 1.165) is 0 Å². The average molecular weight is 536 g/mol. The molecule has 0 aliphatic heterocycles. The standard InChI is InChI=1S/C29H30ClN3O5/c1-4-37-23-15-11-22(12-16-23)33-28(31-26-8-6-5-7-25(26)29(33)35)20(2)32(17-18-36-3)27(34)19-38-24-13-9-21(30)10-14-24/h5-16,20H,4,17-19H2,1-3H3. The molecular weight excluding hydrogens is 506 g/mol. The number of methoxy groups -OCH3 is 1. The highest BCUT2D eigenvalue weighted by Crippen LogP contribution is 2.24. The Bertz CT molecular complexity index is 1440. The van der Waals surface area contributed by atoms with Gasteiger partial charge >= 0.3 is 0 Å². The molecule has 1 amide bonds. The summed E-state index contributed by atoms with van der Waals surface area (Å²) >= 11 is 5.95. The summed E-state index contributed by atoms with van der Waals surface area (Å²) in [5.74, 6) is 1.38. The second kappa shape index (κ2) is 12.6. The Morgan fingerprint density at radius 3 is 2.34 bits per heavy atom. The van der Waals surface area contributed by atoms with E-state index >= 15 is 0 Å². The minimum absolute atomic E-state index is 0.198. The van der Waals surface area contributed by atoms with Crippen molar-refractivity contribution in [1.29, 1.82) is 0 Å². The third kappa shape index (κ3) is 6.15. The number of benzene rings is 3. The van der Waals surface area contributed by atoms with Crippen molar-refractivity contribution < 1.29 is 19.0 Å². The van der Waals surface area contributed by atoms with Gasteiger partial charge in [-0.2, -0.15) is 0 Å². The van der Waals surface area contributed by atoms with Crippen LogP contribution >= 0.6 is 11.6 Å². The van der Waals surface area contributed by atoms with Gasteiger partial charge in [-0.25, -0.2) is 4.98 Å². The predicted molar refractivity (Wildman–Crippen MR) is 147 cm³/mol. The summed E-state index contributed by atoms with van der Waals surface area (Å²) in [5, 5.41) is 1.06. The summed E-state index contributed by atoms with van der Waals surface area (Å²) in [4.78, 5) is 33.6. The first-order valence-corrected chi connectivity index (χ1v) is 12.7. The van der Waals surface area contributed by atoms with Gasteiger partial charge in [0.25, 0.3) is 11.5 Å². The summed E-state index contributed by atoms with van der Waals surface area (Å²) in [5.41, 5.74) is 0.950. The van der Waals surface area contributed by atoms with Crippen molar-refractivity contribution in [2.75, 3.05) is 33.5 Å². The van der Waals surface area contributed by atoms with Crippen LogP contribution in [0.25, 0.3) is 16.6 Å². The quantitative estimate of drug-likeness (QED) is 0.267. The van der Waals surface area contributed by atoms with E-state index in [4.69, 9.17) is 30.8 Å². The third-order valence-corrected chi connectivity index (χ3v) is 6.33. The van der Waals surface area contributed by atoms with Crippen molar-refractivity contribution in [3.8, 4) is 17.2 Å². The van der Waals surface area contributed by atoms with Gasteiger partial charge in [-0.15, -0.1) is 0 Å². The van der Waals surface area contributed by atoms with E-state index in [1.807, 2.05) is 44.2 Å². The fourth-order valence-corrected chi connectivity index (χ4v) is 4.29. The highest BCUT2D eigenvalue weighted by molar-refractivity contribution is 6.30. The Balaban J connectivity index is 1.74. The van der Waals surface area contributed by atoms with E-state index in [-0.39, 0.29) is 24.6 Å². The molecule has 4 aromatic rings. The fraction of sp³-hybridized carbons (Fsp3) is 0.276. The first-order valence-electron chi connectivity index (χ1n) is 12.3. The lowest BCUT2D eigenvalue weighted by Gasteiger charge is -2.30. The highest BCUT2D eigenvalue weighted by atomic mass is 35.5. The molecule has 8 nitrogen and oxygen atoms in total. The van der Waals surface area contributed by atoms with Crippen molar-refractivity contribution >= 4 is 28.4 Å². The fourth-order valence-electron chi connectivity index (χ4n) is 4.16. The average Bonchev–Trinajstić information content (AvgIpc) is 2.93. The number of ether oxygens (including phenoxy) is 3. The van der Waals surface area contributed by atoms with Crippen LogP contribution in [-0.4, -0.2) is 53.8 Å². The zero-order valence-electron chi connectivity index (χ0n) is 21.6. The highest BCUT2D eigenvalue weighted by Gasteiger charge is 2.27. The van der Waals surface area contributed by atoms with Gasteiger partial charge < -0.3 is 19.1 Å². The summed E-state index contributed by atoms with van der Waals surface area (Å²) in [6, 6.07) is 20.6. The summed E-state index contributed by atoms with van der Waals surface area (Å²) < 4.78 is 18.1. The SMILES string of the molecule is CCOc1ccc(-n2c(C(C)N(CCOC)C(=O)COc3ccc(Cl)cc3)nc3ccccc3c2=O)cc1. The molecule has 0 saturated heterocycles. The maximum atomic E-state index is 13.7. The number of nitrogens with zero attached hydrogens (tertiary/aromatic N) is 3. The largest absolute Gasteiger partial charge is 0.494 e. The monoisotopic (exact) mass is 535 g/mol. The zero-order valence-corrected chi connectivity index (χ0v) is 22.4. The number of hydrogen-bond acceptors (Lipinski definition) is 6. The van der Waals surface area contributed by atoms with Gasteiger partial charge in [0.05, 0.1) is 35.8 Å². The molecule has 0 aliphatic rings. The summed E-state index contributed by atoms with van der Waals surface area (Å²) in [6.45, 7) is 4.68. The Hall–Kier alpha value is -3.88. The molecule has 38 heavy (non-hydrogen) atoms. The molecule has 0 bridgehead atoms. The number of carbonyl (C=O) groups is 1. The summed E-state index contributed by atoms with van der Waals surface area (Å²) in [7, 11) is 1.57. The van der Waals surface area contributed by atoms with Crippen LogP contribution in [0.5, 0.6) is 11.5 Å². The molecule has 9 heteroatoms. The summed E-state index contributed by atoms with van der Waals surface area (Å²) in [6.07, 6.45) is 0. The van der Waals surface area contributed by atoms with Crippen LogP contribution < -0.4 is 15.0 Å². The maximum Gasteiger partial charge on any atom is 0.266 e. The predicted octanol–water partition coefficient (Wildman–Crippen LogP) is 5.05. The number of rotatable bonds is 11. The van der Waals surface area contributed by atoms with E-state index in [2.05, 4.69) is 0 Å². The number of halogens is 1. The van der Waals surface area contributed by atoms with Crippen LogP contribution in [0, 0.1) is 0 Å². The molecule has 1 aromatic heterocycles. The second-order valence-electron chi connectivity index (χ2n) is 8.55. The minimum atomic E-state index is -0.574. The van der Waals surface area contributed by atoms with Crippen LogP contribution in [0.3, 0.4) is 0 Å². The number of para-hydroxylation sites is 1. The van der Waals surface area contributed by atoms with Crippen molar-refractivity contribution in [3.63, 3.8) is 0 Å². The Morgan fingerprint density at radius 2 is 1.66 bits per heavy atom. The van der Waals surface area contributed by atoms with Crippen LogP contribution in [0.4, 0.5) is 0 Å². The van der Waals surface area contributed by atoms with Crippen molar-refractivity contribution in [2.45, 2.75) is 19.9 Å². The number of carbonyl (C=O) groups excluding carboxylic acids is 1. The molecule has 1 heterocycles. The van der Waals surface area contributed by atoms with E-state index in [9.17, 15) is 9.59 Å². The lowest BCUT2D eigenvalue weighted by molar-refractivity contribution is -0.136. The van der Waals surface area contributed by atoms with E-state index in [0.29, 0.717) is 52.2 Å². The molecule has 0 N–H and O–H groups in total. The van der Waals surface area contributed by atoms with Crippen LogP contribution in [0.15, 0.2) is 77.6 Å². The number of amides is 1. The van der Waals surface area contributed by atoms with Crippen molar-refractivity contribution in [2.24, 2.45) is 0 Å². The Kier molecular flexibility index (Phi) is 8.99. The molecule has 1 atom stereocenters.